The number of carbonyl (C=O) groups excluding carboxylic acids is 1. The standard InChI is InChI=1S/C14H18O5/c15-8-11(16)14(12-6-7-13(17)19-12)18-9-10-4-2-1-3-5-10/h1-5,11-12,14-16H,6-9H2/t11-,12+,14+/m1/s1. The normalized spacial score (nSPS) is 22.0. The van der Waals surface area contributed by atoms with Crippen molar-refractivity contribution in [2.75, 3.05) is 6.61 Å². The highest BCUT2D eigenvalue weighted by atomic mass is 16.6. The molecule has 1 fully saturated rings. The molecule has 1 aromatic rings. The number of rotatable bonds is 6. The number of benzene rings is 1. The van der Waals surface area contributed by atoms with Crippen LogP contribution in [-0.2, 0) is 20.9 Å². The molecular formula is C14H18O5. The highest BCUT2D eigenvalue weighted by molar-refractivity contribution is 5.71. The first-order valence-corrected chi connectivity index (χ1v) is 6.34. The van der Waals surface area contributed by atoms with Crippen LogP contribution >= 0.6 is 0 Å². The summed E-state index contributed by atoms with van der Waals surface area (Å²) in [4.78, 5) is 11.1. The molecule has 5 heteroatoms. The predicted molar refractivity (Wildman–Crippen MR) is 67.2 cm³/mol. The first kappa shape index (κ1) is 14.0. The van der Waals surface area contributed by atoms with Crippen LogP contribution in [-0.4, -0.2) is 41.1 Å². The summed E-state index contributed by atoms with van der Waals surface area (Å²) in [5, 5.41) is 18.8. The van der Waals surface area contributed by atoms with Crippen LogP contribution in [0.5, 0.6) is 0 Å². The number of ether oxygens (including phenoxy) is 2. The van der Waals surface area contributed by atoms with E-state index in [-0.39, 0.29) is 5.97 Å². The SMILES string of the molecule is O=C1CC[C@@H]([C@@H](OCc2ccccc2)[C@H](O)CO)O1. The molecule has 1 aliphatic heterocycles. The van der Waals surface area contributed by atoms with Crippen molar-refractivity contribution in [3.8, 4) is 0 Å². The number of cyclic esters (lactones) is 1. The third-order valence-corrected chi connectivity index (χ3v) is 3.13. The molecule has 0 aliphatic carbocycles. The average molecular weight is 266 g/mol. The van der Waals surface area contributed by atoms with Crippen LogP contribution in [0.25, 0.3) is 0 Å². The molecule has 2 rings (SSSR count). The van der Waals surface area contributed by atoms with Crippen molar-refractivity contribution in [1.29, 1.82) is 0 Å². The van der Waals surface area contributed by atoms with Gasteiger partial charge in [-0.05, 0) is 12.0 Å². The van der Waals surface area contributed by atoms with E-state index < -0.39 is 24.9 Å². The molecule has 0 spiro atoms. The van der Waals surface area contributed by atoms with E-state index in [1.807, 2.05) is 30.3 Å². The van der Waals surface area contributed by atoms with Crippen LogP contribution in [0.3, 0.4) is 0 Å². The Morgan fingerprint density at radius 3 is 2.68 bits per heavy atom. The Kier molecular flexibility index (Phi) is 4.90. The number of hydrogen-bond donors (Lipinski definition) is 2. The Hall–Kier alpha value is -1.43. The van der Waals surface area contributed by atoms with Crippen molar-refractivity contribution in [1.82, 2.24) is 0 Å². The molecule has 3 atom stereocenters. The van der Waals surface area contributed by atoms with Gasteiger partial charge >= 0.3 is 5.97 Å². The fourth-order valence-corrected chi connectivity index (χ4v) is 2.11. The molecule has 0 saturated carbocycles. The van der Waals surface area contributed by atoms with Crippen molar-refractivity contribution < 1.29 is 24.5 Å². The highest BCUT2D eigenvalue weighted by Crippen LogP contribution is 2.22. The second kappa shape index (κ2) is 6.65. The summed E-state index contributed by atoms with van der Waals surface area (Å²) in [6.45, 7) is -0.121. The minimum atomic E-state index is -1.06. The Morgan fingerprint density at radius 1 is 1.37 bits per heavy atom. The summed E-state index contributed by atoms with van der Waals surface area (Å²) in [6, 6.07) is 9.51. The average Bonchev–Trinajstić information content (AvgIpc) is 2.86. The highest BCUT2D eigenvalue weighted by Gasteiger charge is 2.36. The zero-order valence-corrected chi connectivity index (χ0v) is 10.6. The number of carbonyl (C=O) groups is 1. The van der Waals surface area contributed by atoms with Crippen molar-refractivity contribution >= 4 is 5.97 Å². The first-order chi connectivity index (χ1) is 9.20. The molecule has 19 heavy (non-hydrogen) atoms. The fourth-order valence-electron chi connectivity index (χ4n) is 2.11. The zero-order chi connectivity index (χ0) is 13.7. The molecular weight excluding hydrogens is 248 g/mol. The van der Waals surface area contributed by atoms with Crippen molar-refractivity contribution in [2.24, 2.45) is 0 Å². The van der Waals surface area contributed by atoms with Crippen LogP contribution in [0.4, 0.5) is 0 Å². The molecule has 0 aromatic heterocycles. The summed E-state index contributed by atoms with van der Waals surface area (Å²) in [5.41, 5.74) is 0.960. The monoisotopic (exact) mass is 266 g/mol. The Labute approximate surface area is 111 Å². The van der Waals surface area contributed by atoms with Gasteiger partial charge in [-0.25, -0.2) is 0 Å². The maximum atomic E-state index is 11.1. The first-order valence-electron chi connectivity index (χ1n) is 6.34. The molecule has 104 valence electrons. The van der Waals surface area contributed by atoms with E-state index in [0.717, 1.165) is 5.56 Å². The van der Waals surface area contributed by atoms with E-state index in [0.29, 0.717) is 19.4 Å². The topological polar surface area (TPSA) is 76.0 Å². The lowest BCUT2D eigenvalue weighted by Crippen LogP contribution is -2.41. The van der Waals surface area contributed by atoms with Crippen LogP contribution in [0.1, 0.15) is 18.4 Å². The van der Waals surface area contributed by atoms with Gasteiger partial charge in [0.2, 0.25) is 0 Å². The largest absolute Gasteiger partial charge is 0.459 e. The van der Waals surface area contributed by atoms with E-state index in [9.17, 15) is 9.90 Å². The molecule has 1 heterocycles. The zero-order valence-electron chi connectivity index (χ0n) is 10.6. The second-order valence-electron chi connectivity index (χ2n) is 4.58. The smallest absolute Gasteiger partial charge is 0.306 e. The molecule has 1 aromatic carbocycles. The van der Waals surface area contributed by atoms with Gasteiger partial charge in [-0.3, -0.25) is 4.79 Å². The lowest BCUT2D eigenvalue weighted by molar-refractivity contribution is -0.157. The lowest BCUT2D eigenvalue weighted by atomic mass is 10.1. The van der Waals surface area contributed by atoms with Gasteiger partial charge in [0.15, 0.2) is 0 Å². The van der Waals surface area contributed by atoms with E-state index in [4.69, 9.17) is 14.6 Å². The van der Waals surface area contributed by atoms with Gasteiger partial charge in [0, 0.05) is 6.42 Å². The molecule has 0 unspecified atom stereocenters. The van der Waals surface area contributed by atoms with E-state index >= 15 is 0 Å². The van der Waals surface area contributed by atoms with Gasteiger partial charge in [-0.2, -0.15) is 0 Å². The Balaban J connectivity index is 1.96. The summed E-state index contributed by atoms with van der Waals surface area (Å²) in [7, 11) is 0. The lowest BCUT2D eigenvalue weighted by Gasteiger charge is -2.26. The molecule has 0 radical (unpaired) electrons. The second-order valence-corrected chi connectivity index (χ2v) is 4.58. The van der Waals surface area contributed by atoms with Gasteiger partial charge < -0.3 is 19.7 Å². The number of hydrogen-bond acceptors (Lipinski definition) is 5. The molecule has 0 amide bonds. The van der Waals surface area contributed by atoms with Crippen LogP contribution in [0.15, 0.2) is 30.3 Å². The van der Waals surface area contributed by atoms with Crippen LogP contribution in [0.2, 0.25) is 0 Å². The summed E-state index contributed by atoms with van der Waals surface area (Å²) in [6.07, 6.45) is -1.40. The quantitative estimate of drug-likeness (QED) is 0.739. The number of aliphatic hydroxyl groups is 2. The van der Waals surface area contributed by atoms with E-state index in [1.165, 1.54) is 0 Å². The summed E-state index contributed by atoms with van der Waals surface area (Å²) < 4.78 is 10.7. The third-order valence-electron chi connectivity index (χ3n) is 3.13. The van der Waals surface area contributed by atoms with E-state index in [2.05, 4.69) is 0 Å². The molecule has 2 N–H and O–H groups in total. The molecule has 5 nitrogen and oxygen atoms in total. The van der Waals surface area contributed by atoms with Crippen LogP contribution in [0, 0.1) is 0 Å². The van der Waals surface area contributed by atoms with Gasteiger partial charge in [-0.15, -0.1) is 0 Å². The number of esters is 1. The molecule has 1 saturated heterocycles. The van der Waals surface area contributed by atoms with Crippen LogP contribution < -0.4 is 0 Å². The molecule has 0 bridgehead atoms. The summed E-state index contributed by atoms with van der Waals surface area (Å²) in [5.74, 6) is -0.288. The minimum absolute atomic E-state index is 0.288. The summed E-state index contributed by atoms with van der Waals surface area (Å²) >= 11 is 0. The van der Waals surface area contributed by atoms with Gasteiger partial charge in [-0.1, -0.05) is 30.3 Å². The van der Waals surface area contributed by atoms with Gasteiger partial charge in [0.1, 0.15) is 18.3 Å². The number of aliphatic hydroxyl groups excluding tert-OH is 2. The van der Waals surface area contributed by atoms with Crippen molar-refractivity contribution in [3.05, 3.63) is 35.9 Å². The predicted octanol–water partition coefficient (Wildman–Crippen LogP) is 0.631. The maximum Gasteiger partial charge on any atom is 0.306 e. The Bertz CT molecular complexity index is 406. The Morgan fingerprint density at radius 2 is 2.11 bits per heavy atom. The third kappa shape index (κ3) is 3.76. The van der Waals surface area contributed by atoms with Gasteiger partial charge in [0.05, 0.1) is 13.2 Å². The van der Waals surface area contributed by atoms with E-state index in [1.54, 1.807) is 0 Å². The maximum absolute atomic E-state index is 11.1. The van der Waals surface area contributed by atoms with Crippen molar-refractivity contribution in [3.63, 3.8) is 0 Å². The minimum Gasteiger partial charge on any atom is -0.459 e. The van der Waals surface area contributed by atoms with Crippen molar-refractivity contribution in [2.45, 2.75) is 37.8 Å². The molecule has 1 aliphatic rings. The fraction of sp³-hybridized carbons (Fsp3) is 0.500. The van der Waals surface area contributed by atoms with Gasteiger partial charge in [0.25, 0.3) is 0 Å².